The van der Waals surface area contributed by atoms with Crippen molar-refractivity contribution in [2.24, 2.45) is 5.92 Å². The highest BCUT2D eigenvalue weighted by atomic mass is 16.6. The number of carbonyl (C=O) groups excluding carboxylic acids is 2. The standard InChI is InChI=1S/C25H35N3O6/c1-16-22(32-5)14-28(3)25(30)19-12-17(13-26)6-8-20(19)33-15-23-21(31-4)9-7-18(34-23)10-11-27(2)24(16)29/h6,8,12,16,18,21-23H,7,9-11,14-15H2,1-5H3/t16-,18-,21+,22+,23-/m1/s1. The molecule has 5 atom stereocenters. The van der Waals surface area contributed by atoms with E-state index in [1.807, 2.05) is 6.92 Å². The SMILES string of the molecule is CO[C@H]1CC[C@@H]2CCN(C)C(=O)[C@H](C)[C@@H](OC)CN(C)C(=O)c3cc(C#N)ccc3OC[C@H]1O2. The smallest absolute Gasteiger partial charge is 0.257 e. The molecule has 0 spiro atoms. The van der Waals surface area contributed by atoms with E-state index >= 15 is 0 Å². The van der Waals surface area contributed by atoms with Crippen molar-refractivity contribution >= 4 is 11.8 Å². The highest BCUT2D eigenvalue weighted by Crippen LogP contribution is 2.28. The number of amides is 2. The summed E-state index contributed by atoms with van der Waals surface area (Å²) in [6.45, 7) is 2.80. The molecule has 0 unspecified atom stereocenters. The molecule has 1 aromatic rings. The van der Waals surface area contributed by atoms with Crippen molar-refractivity contribution in [1.82, 2.24) is 9.80 Å². The Labute approximate surface area is 201 Å². The molecule has 3 rings (SSSR count). The van der Waals surface area contributed by atoms with E-state index in [1.54, 1.807) is 38.2 Å². The highest BCUT2D eigenvalue weighted by molar-refractivity contribution is 5.97. The average Bonchev–Trinajstić information content (AvgIpc) is 2.86. The van der Waals surface area contributed by atoms with Gasteiger partial charge >= 0.3 is 0 Å². The second-order valence-electron chi connectivity index (χ2n) is 9.08. The van der Waals surface area contributed by atoms with E-state index in [-0.39, 0.29) is 48.8 Å². The Morgan fingerprint density at radius 2 is 1.79 bits per heavy atom. The molecule has 2 aliphatic heterocycles. The van der Waals surface area contributed by atoms with Gasteiger partial charge in [-0.1, -0.05) is 6.92 Å². The van der Waals surface area contributed by atoms with Crippen LogP contribution in [0.25, 0.3) is 0 Å². The number of carbonyl (C=O) groups is 2. The third-order valence-electron chi connectivity index (χ3n) is 6.81. The van der Waals surface area contributed by atoms with Gasteiger partial charge in [0.15, 0.2) is 0 Å². The van der Waals surface area contributed by atoms with E-state index in [9.17, 15) is 14.9 Å². The van der Waals surface area contributed by atoms with Gasteiger partial charge in [-0.3, -0.25) is 9.59 Å². The zero-order chi connectivity index (χ0) is 24.8. The molecule has 9 nitrogen and oxygen atoms in total. The molecule has 0 radical (unpaired) electrons. The molecular formula is C25H35N3O6. The lowest BCUT2D eigenvalue weighted by molar-refractivity contribution is -0.147. The lowest BCUT2D eigenvalue weighted by atomic mass is 9.98. The minimum Gasteiger partial charge on any atom is -0.490 e. The predicted molar refractivity (Wildman–Crippen MR) is 125 cm³/mol. The molecule has 34 heavy (non-hydrogen) atoms. The molecule has 9 heteroatoms. The number of rotatable bonds is 2. The van der Waals surface area contributed by atoms with Crippen molar-refractivity contribution in [3.8, 4) is 11.8 Å². The average molecular weight is 474 g/mol. The summed E-state index contributed by atoms with van der Waals surface area (Å²) in [6.07, 6.45) is 1.40. The Hall–Kier alpha value is -2.67. The minimum atomic E-state index is -0.488. The molecule has 1 fully saturated rings. The van der Waals surface area contributed by atoms with E-state index in [1.165, 1.54) is 18.1 Å². The Morgan fingerprint density at radius 3 is 2.47 bits per heavy atom. The number of hydrogen-bond acceptors (Lipinski definition) is 7. The third kappa shape index (κ3) is 5.87. The third-order valence-corrected chi connectivity index (χ3v) is 6.81. The van der Waals surface area contributed by atoms with Crippen LogP contribution in [-0.2, 0) is 19.0 Å². The van der Waals surface area contributed by atoms with Crippen LogP contribution in [0.15, 0.2) is 18.2 Å². The normalized spacial score (nSPS) is 29.2. The molecule has 1 aromatic carbocycles. The number of likely N-dealkylation sites (N-methyl/N-ethyl adjacent to an activating group) is 1. The number of hydrogen-bond donors (Lipinski definition) is 0. The number of nitriles is 1. The van der Waals surface area contributed by atoms with Gasteiger partial charge < -0.3 is 28.7 Å². The van der Waals surface area contributed by atoms with Gasteiger partial charge in [-0.15, -0.1) is 0 Å². The summed E-state index contributed by atoms with van der Waals surface area (Å²) in [5, 5.41) is 9.36. The summed E-state index contributed by atoms with van der Waals surface area (Å²) in [5.74, 6) is -0.434. The number of benzene rings is 1. The van der Waals surface area contributed by atoms with Crippen LogP contribution in [0.5, 0.6) is 5.75 Å². The maximum atomic E-state index is 13.4. The van der Waals surface area contributed by atoms with Gasteiger partial charge in [-0.2, -0.15) is 5.26 Å². The van der Waals surface area contributed by atoms with Crippen LogP contribution < -0.4 is 4.74 Å². The van der Waals surface area contributed by atoms with E-state index in [0.29, 0.717) is 24.3 Å². The van der Waals surface area contributed by atoms with Crippen molar-refractivity contribution in [1.29, 1.82) is 5.26 Å². The van der Waals surface area contributed by atoms with Crippen LogP contribution >= 0.6 is 0 Å². The number of nitrogens with zero attached hydrogens (tertiary/aromatic N) is 3. The van der Waals surface area contributed by atoms with Gasteiger partial charge in [0, 0.05) is 41.4 Å². The van der Waals surface area contributed by atoms with Gasteiger partial charge in [0.25, 0.3) is 5.91 Å². The predicted octanol–water partition coefficient (Wildman–Crippen LogP) is 2.08. The van der Waals surface area contributed by atoms with Crippen LogP contribution in [0.1, 0.15) is 42.1 Å². The van der Waals surface area contributed by atoms with Crippen molar-refractivity contribution in [3.63, 3.8) is 0 Å². The summed E-state index contributed by atoms with van der Waals surface area (Å²) < 4.78 is 23.6. The van der Waals surface area contributed by atoms with Crippen LogP contribution in [0, 0.1) is 17.2 Å². The summed E-state index contributed by atoms with van der Waals surface area (Å²) in [5.41, 5.74) is 0.636. The maximum Gasteiger partial charge on any atom is 0.257 e. The first-order chi connectivity index (χ1) is 16.3. The van der Waals surface area contributed by atoms with Gasteiger partial charge in [0.05, 0.1) is 41.4 Å². The number of fused-ring (bicyclic) bond motifs is 3. The quantitative estimate of drug-likeness (QED) is 0.648. The van der Waals surface area contributed by atoms with Crippen LogP contribution in [-0.4, -0.2) is 94.0 Å². The first kappa shape index (κ1) is 25.9. The zero-order valence-corrected chi connectivity index (χ0v) is 20.7. The monoisotopic (exact) mass is 473 g/mol. The fourth-order valence-electron chi connectivity index (χ4n) is 4.58. The molecule has 0 saturated carbocycles. The molecule has 2 bridgehead atoms. The van der Waals surface area contributed by atoms with Crippen molar-refractivity contribution in [2.45, 2.75) is 50.6 Å². The minimum absolute atomic E-state index is 0.0233. The first-order valence-corrected chi connectivity index (χ1v) is 11.7. The lowest BCUT2D eigenvalue weighted by Crippen LogP contribution is -2.47. The van der Waals surface area contributed by atoms with Crippen LogP contribution in [0.3, 0.4) is 0 Å². The van der Waals surface area contributed by atoms with Crippen molar-refractivity contribution in [2.75, 3.05) is 48.0 Å². The van der Waals surface area contributed by atoms with Crippen LogP contribution in [0.4, 0.5) is 0 Å². The Morgan fingerprint density at radius 1 is 1.06 bits per heavy atom. The first-order valence-electron chi connectivity index (χ1n) is 11.7. The summed E-state index contributed by atoms with van der Waals surface area (Å²) in [7, 11) is 6.62. The fraction of sp³-hybridized carbons (Fsp3) is 0.640. The summed E-state index contributed by atoms with van der Waals surface area (Å²) >= 11 is 0. The second-order valence-corrected chi connectivity index (χ2v) is 9.08. The largest absolute Gasteiger partial charge is 0.490 e. The second kappa shape index (κ2) is 11.6. The topological polar surface area (TPSA) is 101 Å². The van der Waals surface area contributed by atoms with E-state index in [4.69, 9.17) is 18.9 Å². The number of methoxy groups -OCH3 is 2. The van der Waals surface area contributed by atoms with Gasteiger partial charge in [-0.05, 0) is 37.5 Å². The zero-order valence-electron chi connectivity index (χ0n) is 20.7. The maximum absolute atomic E-state index is 13.4. The van der Waals surface area contributed by atoms with Gasteiger partial charge in [0.2, 0.25) is 5.91 Å². The molecule has 0 N–H and O–H groups in total. The van der Waals surface area contributed by atoms with Gasteiger partial charge in [0.1, 0.15) is 18.5 Å². The van der Waals surface area contributed by atoms with Crippen LogP contribution in [0.2, 0.25) is 0 Å². The lowest BCUT2D eigenvalue weighted by Gasteiger charge is -2.37. The highest BCUT2D eigenvalue weighted by Gasteiger charge is 2.34. The Kier molecular flexibility index (Phi) is 8.89. The molecule has 0 aliphatic carbocycles. The molecule has 2 aliphatic rings. The summed E-state index contributed by atoms with van der Waals surface area (Å²) in [6, 6.07) is 6.86. The number of ether oxygens (including phenoxy) is 4. The summed E-state index contributed by atoms with van der Waals surface area (Å²) in [4.78, 5) is 29.7. The molecular weight excluding hydrogens is 438 g/mol. The molecule has 0 aromatic heterocycles. The molecule has 2 amide bonds. The molecule has 2 heterocycles. The molecule has 1 saturated heterocycles. The van der Waals surface area contributed by atoms with Gasteiger partial charge in [-0.25, -0.2) is 0 Å². The molecule has 186 valence electrons. The van der Waals surface area contributed by atoms with E-state index in [0.717, 1.165) is 12.8 Å². The Bertz CT molecular complexity index is 916. The van der Waals surface area contributed by atoms with Crippen molar-refractivity contribution in [3.05, 3.63) is 29.3 Å². The van der Waals surface area contributed by atoms with E-state index in [2.05, 4.69) is 6.07 Å². The fourth-order valence-corrected chi connectivity index (χ4v) is 4.58. The Balaban J connectivity index is 1.96. The van der Waals surface area contributed by atoms with Crippen molar-refractivity contribution < 1.29 is 28.5 Å². The van der Waals surface area contributed by atoms with E-state index < -0.39 is 12.0 Å².